The molecule has 2 N–H and O–H groups in total. The van der Waals surface area contributed by atoms with Gasteiger partial charge in [0.1, 0.15) is 0 Å². The maximum Gasteiger partial charge on any atom is 0.153 e. The molecule has 1 aromatic rings. The average Bonchev–Trinajstić information content (AvgIpc) is 2.75. The molecule has 0 aromatic carbocycles. The highest BCUT2D eigenvalue weighted by molar-refractivity contribution is 9.10. The van der Waals surface area contributed by atoms with Gasteiger partial charge in [-0.2, -0.15) is 0 Å². The van der Waals surface area contributed by atoms with Gasteiger partial charge in [0, 0.05) is 19.6 Å². The van der Waals surface area contributed by atoms with E-state index in [0.717, 1.165) is 29.9 Å². The molecule has 1 aliphatic rings. The summed E-state index contributed by atoms with van der Waals surface area (Å²) in [5.74, 6) is 0.378. The first kappa shape index (κ1) is 10.1. The van der Waals surface area contributed by atoms with Crippen molar-refractivity contribution in [3.05, 3.63) is 10.3 Å². The Balaban J connectivity index is 2.21. The summed E-state index contributed by atoms with van der Waals surface area (Å²) in [6.45, 7) is 1.54. The van der Waals surface area contributed by atoms with E-state index >= 15 is 0 Å². The van der Waals surface area contributed by atoms with Gasteiger partial charge in [0.15, 0.2) is 4.60 Å². The van der Waals surface area contributed by atoms with Crippen molar-refractivity contribution in [2.24, 2.45) is 18.7 Å². The van der Waals surface area contributed by atoms with Crippen LogP contribution in [-0.4, -0.2) is 28.2 Å². The summed E-state index contributed by atoms with van der Waals surface area (Å²) >= 11 is 3.35. The number of aromatic nitrogens is 3. The van der Waals surface area contributed by atoms with E-state index < -0.39 is 0 Å². The molecule has 0 aliphatic carbocycles. The summed E-state index contributed by atoms with van der Waals surface area (Å²) in [6, 6.07) is -0.0492. The predicted molar refractivity (Wildman–Crippen MR) is 54.6 cm³/mol. The Labute approximate surface area is 90.7 Å². The lowest BCUT2D eigenvalue weighted by atomic mass is 9.97. The Morgan fingerprint density at radius 2 is 2.50 bits per heavy atom. The molecule has 1 aliphatic heterocycles. The summed E-state index contributed by atoms with van der Waals surface area (Å²) in [4.78, 5) is 0. The zero-order valence-electron chi connectivity index (χ0n) is 7.98. The minimum atomic E-state index is -0.0492. The summed E-state index contributed by atoms with van der Waals surface area (Å²) in [6.07, 6.45) is 1.01. The number of aryl methyl sites for hydroxylation is 1. The summed E-state index contributed by atoms with van der Waals surface area (Å²) < 4.78 is 7.76. The molecule has 14 heavy (non-hydrogen) atoms. The quantitative estimate of drug-likeness (QED) is 0.847. The van der Waals surface area contributed by atoms with Gasteiger partial charge in [-0.15, -0.1) is 5.10 Å². The highest BCUT2D eigenvalue weighted by Gasteiger charge is 2.28. The van der Waals surface area contributed by atoms with E-state index in [-0.39, 0.29) is 6.04 Å². The Morgan fingerprint density at radius 1 is 1.71 bits per heavy atom. The first-order chi connectivity index (χ1) is 6.70. The molecule has 6 heteroatoms. The fraction of sp³-hybridized carbons (Fsp3) is 0.750. The van der Waals surface area contributed by atoms with Crippen LogP contribution in [0.5, 0.6) is 0 Å². The molecule has 2 heterocycles. The van der Waals surface area contributed by atoms with E-state index in [9.17, 15) is 0 Å². The van der Waals surface area contributed by atoms with Gasteiger partial charge in [-0.25, -0.2) is 4.68 Å². The van der Waals surface area contributed by atoms with Gasteiger partial charge < -0.3 is 10.5 Å². The zero-order chi connectivity index (χ0) is 10.1. The molecule has 5 nitrogen and oxygen atoms in total. The average molecular weight is 261 g/mol. The standard InChI is InChI=1S/C8H13BrN4O/c1-13-7(8(9)11-12-13)6(10)5-2-3-14-4-5/h5-6H,2-4,10H2,1H3. The highest BCUT2D eigenvalue weighted by Crippen LogP contribution is 2.29. The lowest BCUT2D eigenvalue weighted by Crippen LogP contribution is -2.24. The van der Waals surface area contributed by atoms with Crippen molar-refractivity contribution in [3.63, 3.8) is 0 Å². The minimum Gasteiger partial charge on any atom is -0.381 e. The normalized spacial score (nSPS) is 24.1. The molecule has 0 amide bonds. The SMILES string of the molecule is Cn1nnc(Br)c1C(N)C1CCOC1. The maximum absolute atomic E-state index is 6.14. The third-order valence-corrected chi connectivity index (χ3v) is 3.18. The molecule has 1 fully saturated rings. The second kappa shape index (κ2) is 3.96. The molecule has 0 bridgehead atoms. The Kier molecular flexibility index (Phi) is 2.85. The van der Waals surface area contributed by atoms with Crippen LogP contribution in [0.15, 0.2) is 4.60 Å². The number of halogens is 1. The highest BCUT2D eigenvalue weighted by atomic mass is 79.9. The summed E-state index contributed by atoms with van der Waals surface area (Å²) in [7, 11) is 1.85. The molecule has 78 valence electrons. The number of hydrogen-bond acceptors (Lipinski definition) is 4. The van der Waals surface area contributed by atoms with Crippen LogP contribution in [0.2, 0.25) is 0 Å². The van der Waals surface area contributed by atoms with Gasteiger partial charge >= 0.3 is 0 Å². The van der Waals surface area contributed by atoms with Crippen molar-refractivity contribution in [2.45, 2.75) is 12.5 Å². The van der Waals surface area contributed by atoms with E-state index in [2.05, 4.69) is 26.2 Å². The van der Waals surface area contributed by atoms with Gasteiger partial charge in [0.05, 0.1) is 18.3 Å². The summed E-state index contributed by atoms with van der Waals surface area (Å²) in [5, 5.41) is 7.83. The maximum atomic E-state index is 6.14. The third kappa shape index (κ3) is 1.69. The second-order valence-corrected chi connectivity index (χ2v) is 4.29. The molecule has 1 aromatic heterocycles. The zero-order valence-corrected chi connectivity index (χ0v) is 9.57. The minimum absolute atomic E-state index is 0.0492. The molecule has 2 atom stereocenters. The number of rotatable bonds is 2. The topological polar surface area (TPSA) is 66.0 Å². The van der Waals surface area contributed by atoms with E-state index in [1.807, 2.05) is 7.05 Å². The number of ether oxygens (including phenoxy) is 1. The molecule has 0 spiro atoms. The number of nitrogens with two attached hydrogens (primary N) is 1. The Bertz CT molecular complexity index is 302. The van der Waals surface area contributed by atoms with E-state index in [4.69, 9.17) is 10.5 Å². The molecule has 2 rings (SSSR count). The van der Waals surface area contributed by atoms with Crippen LogP contribution in [-0.2, 0) is 11.8 Å². The van der Waals surface area contributed by atoms with E-state index in [1.165, 1.54) is 0 Å². The molecule has 0 radical (unpaired) electrons. The van der Waals surface area contributed by atoms with E-state index in [0.29, 0.717) is 5.92 Å². The Hall–Kier alpha value is -0.460. The lowest BCUT2D eigenvalue weighted by Gasteiger charge is -2.17. The van der Waals surface area contributed by atoms with Gasteiger partial charge in [0.2, 0.25) is 0 Å². The smallest absolute Gasteiger partial charge is 0.153 e. The molecule has 0 saturated carbocycles. The largest absolute Gasteiger partial charge is 0.381 e. The van der Waals surface area contributed by atoms with Crippen LogP contribution in [0.1, 0.15) is 18.2 Å². The van der Waals surface area contributed by atoms with E-state index in [1.54, 1.807) is 4.68 Å². The molecule has 2 unspecified atom stereocenters. The first-order valence-electron chi connectivity index (χ1n) is 4.58. The second-order valence-electron chi connectivity index (χ2n) is 3.54. The van der Waals surface area contributed by atoms with Crippen LogP contribution in [0.25, 0.3) is 0 Å². The van der Waals surface area contributed by atoms with Crippen molar-refractivity contribution in [1.82, 2.24) is 15.0 Å². The lowest BCUT2D eigenvalue weighted by molar-refractivity contribution is 0.180. The molecular weight excluding hydrogens is 248 g/mol. The van der Waals surface area contributed by atoms with Crippen LogP contribution < -0.4 is 5.73 Å². The van der Waals surface area contributed by atoms with Crippen molar-refractivity contribution >= 4 is 15.9 Å². The molecular formula is C8H13BrN4O. The monoisotopic (exact) mass is 260 g/mol. The van der Waals surface area contributed by atoms with Gasteiger partial charge in [-0.3, -0.25) is 0 Å². The van der Waals surface area contributed by atoms with Crippen LogP contribution in [0.4, 0.5) is 0 Å². The number of nitrogens with zero attached hydrogens (tertiary/aromatic N) is 3. The third-order valence-electron chi connectivity index (χ3n) is 2.62. The van der Waals surface area contributed by atoms with Crippen molar-refractivity contribution < 1.29 is 4.74 Å². The van der Waals surface area contributed by atoms with Gasteiger partial charge in [-0.05, 0) is 22.4 Å². The van der Waals surface area contributed by atoms with Crippen molar-refractivity contribution in [2.75, 3.05) is 13.2 Å². The van der Waals surface area contributed by atoms with Gasteiger partial charge in [0.25, 0.3) is 0 Å². The predicted octanol–water partition coefficient (Wildman–Crippen LogP) is 0.614. The van der Waals surface area contributed by atoms with Crippen LogP contribution in [0.3, 0.4) is 0 Å². The van der Waals surface area contributed by atoms with Crippen LogP contribution >= 0.6 is 15.9 Å². The first-order valence-corrected chi connectivity index (χ1v) is 5.38. The van der Waals surface area contributed by atoms with Crippen LogP contribution in [0, 0.1) is 5.92 Å². The fourth-order valence-electron chi connectivity index (χ4n) is 1.75. The number of hydrogen-bond donors (Lipinski definition) is 1. The Morgan fingerprint density at radius 3 is 3.00 bits per heavy atom. The fourth-order valence-corrected chi connectivity index (χ4v) is 2.34. The van der Waals surface area contributed by atoms with Crippen molar-refractivity contribution in [1.29, 1.82) is 0 Å². The summed E-state index contributed by atoms with van der Waals surface area (Å²) in [5.41, 5.74) is 7.08. The van der Waals surface area contributed by atoms with Crippen molar-refractivity contribution in [3.8, 4) is 0 Å². The van der Waals surface area contributed by atoms with Gasteiger partial charge in [-0.1, -0.05) is 5.21 Å². The molecule has 1 saturated heterocycles.